The van der Waals surface area contributed by atoms with Gasteiger partial charge in [-0.2, -0.15) is 0 Å². The van der Waals surface area contributed by atoms with Gasteiger partial charge in [0, 0.05) is 11.8 Å². The highest BCUT2D eigenvalue weighted by Crippen LogP contribution is 2.38. The second-order valence-corrected chi connectivity index (χ2v) is 17.3. The molecule has 1 N–H and O–H groups in total. The average Bonchev–Trinajstić information content (AvgIpc) is 3.11. The fourth-order valence-corrected chi connectivity index (χ4v) is 11.0. The highest BCUT2D eigenvalue weighted by Gasteiger charge is 2.53. The van der Waals surface area contributed by atoms with Gasteiger partial charge in [0.15, 0.2) is 6.29 Å². The van der Waals surface area contributed by atoms with Crippen LogP contribution in [-0.2, 0) is 30.0 Å². The molecule has 254 valence electrons. The number of esters is 1. The van der Waals surface area contributed by atoms with Crippen molar-refractivity contribution in [3.63, 3.8) is 0 Å². The van der Waals surface area contributed by atoms with Crippen molar-refractivity contribution in [1.82, 2.24) is 5.32 Å². The summed E-state index contributed by atoms with van der Waals surface area (Å²) in [6.45, 7) is 7.97. The third kappa shape index (κ3) is 8.27. The van der Waals surface area contributed by atoms with Crippen molar-refractivity contribution >= 4 is 30.6 Å². The number of nitrogens with one attached hydrogen (secondary N) is 1. The Hall–Kier alpha value is -4.77. The van der Waals surface area contributed by atoms with Gasteiger partial charge in [-0.3, -0.25) is 4.79 Å². The van der Waals surface area contributed by atoms with Gasteiger partial charge in [-0.05, 0) is 38.6 Å². The largest absolute Gasteiger partial charge is 0.456 e. The van der Waals surface area contributed by atoms with Crippen LogP contribution in [0.3, 0.4) is 0 Å². The molecule has 10 nitrogen and oxygen atoms in total. The Labute approximate surface area is 288 Å². The molecule has 4 aromatic carbocycles. The number of benzene rings is 4. The van der Waals surface area contributed by atoms with Crippen LogP contribution in [0.5, 0.6) is 0 Å². The minimum atomic E-state index is -3.06. The van der Waals surface area contributed by atoms with Crippen LogP contribution in [-0.4, -0.2) is 57.4 Å². The van der Waals surface area contributed by atoms with E-state index in [9.17, 15) is 15.1 Å². The number of hydrogen-bond donors (Lipinski definition) is 1. The van der Waals surface area contributed by atoms with Gasteiger partial charge in [0.2, 0.25) is 5.91 Å². The van der Waals surface area contributed by atoms with E-state index < -0.39 is 50.8 Å². The number of hydrogen-bond acceptors (Lipinski definition) is 7. The summed E-state index contributed by atoms with van der Waals surface area (Å²) in [4.78, 5) is 29.2. The molecule has 0 spiro atoms. The Morgan fingerprint density at radius 2 is 1.39 bits per heavy atom. The summed E-state index contributed by atoms with van der Waals surface area (Å²) in [5, 5.41) is 8.74. The SMILES string of the molecule is CC(=O)N[C@H]1[C@H](OCc2ccccc2)O[C@H](CO[Si](c2ccccc2)(c2ccccc2)C(C)(C)C)[C@@H](N=[N+]=[N-])[C@@H]1OC(=O)c1ccccc1. The second-order valence-electron chi connectivity index (χ2n) is 13.0. The third-order valence-electron chi connectivity index (χ3n) is 8.62. The predicted molar refractivity (Wildman–Crippen MR) is 190 cm³/mol. The van der Waals surface area contributed by atoms with E-state index in [1.165, 1.54) is 6.92 Å². The fourth-order valence-electron chi connectivity index (χ4n) is 6.41. The number of amides is 1. The van der Waals surface area contributed by atoms with Gasteiger partial charge < -0.3 is 24.0 Å². The first-order valence-corrected chi connectivity index (χ1v) is 18.2. The van der Waals surface area contributed by atoms with Crippen molar-refractivity contribution in [2.45, 2.75) is 69.9 Å². The molecule has 1 amide bonds. The van der Waals surface area contributed by atoms with E-state index in [0.29, 0.717) is 5.56 Å². The number of rotatable bonds is 12. The smallest absolute Gasteiger partial charge is 0.338 e. The molecule has 1 aliphatic heterocycles. The molecule has 1 fully saturated rings. The summed E-state index contributed by atoms with van der Waals surface area (Å²) in [5.41, 5.74) is 11.0. The Kier molecular flexibility index (Phi) is 11.7. The summed E-state index contributed by atoms with van der Waals surface area (Å²) >= 11 is 0. The molecule has 1 saturated heterocycles. The summed E-state index contributed by atoms with van der Waals surface area (Å²) in [6.07, 6.45) is -3.16. The van der Waals surface area contributed by atoms with Crippen LogP contribution < -0.4 is 15.7 Å². The fraction of sp³-hybridized carbons (Fsp3) is 0.316. The maximum absolute atomic E-state index is 13.5. The van der Waals surface area contributed by atoms with E-state index in [1.54, 1.807) is 30.3 Å². The molecule has 5 rings (SSSR count). The summed E-state index contributed by atoms with van der Waals surface area (Å²) in [6, 6.07) is 36.2. The zero-order valence-corrected chi connectivity index (χ0v) is 29.1. The minimum Gasteiger partial charge on any atom is -0.456 e. The molecular weight excluding hydrogens is 637 g/mol. The van der Waals surface area contributed by atoms with E-state index in [2.05, 4.69) is 60.4 Å². The van der Waals surface area contributed by atoms with Gasteiger partial charge in [0.05, 0.1) is 24.9 Å². The van der Waals surface area contributed by atoms with Gasteiger partial charge in [-0.15, -0.1) is 0 Å². The normalized spacial score (nSPS) is 20.9. The van der Waals surface area contributed by atoms with Crippen LogP contribution >= 0.6 is 0 Å². The molecule has 1 aliphatic rings. The summed E-state index contributed by atoms with van der Waals surface area (Å²) < 4.78 is 26.2. The Morgan fingerprint density at radius 3 is 1.90 bits per heavy atom. The first kappa shape index (κ1) is 35.5. The molecule has 0 unspecified atom stereocenters. The summed E-state index contributed by atoms with van der Waals surface area (Å²) in [5.74, 6) is -1.04. The van der Waals surface area contributed by atoms with Gasteiger partial charge in [-0.25, -0.2) is 4.79 Å². The van der Waals surface area contributed by atoms with Gasteiger partial charge in [0.25, 0.3) is 8.32 Å². The van der Waals surface area contributed by atoms with Gasteiger partial charge in [0.1, 0.15) is 18.2 Å². The number of carbonyl (C=O) groups is 2. The maximum Gasteiger partial charge on any atom is 0.338 e. The predicted octanol–water partition coefficient (Wildman–Crippen LogP) is 5.91. The molecule has 0 bridgehead atoms. The molecule has 1 heterocycles. The number of azide groups is 1. The third-order valence-corrected chi connectivity index (χ3v) is 13.6. The highest BCUT2D eigenvalue weighted by atomic mass is 28.4. The van der Waals surface area contributed by atoms with E-state index in [-0.39, 0.29) is 18.3 Å². The zero-order valence-electron chi connectivity index (χ0n) is 28.1. The maximum atomic E-state index is 13.5. The van der Waals surface area contributed by atoms with Crippen LogP contribution in [0.15, 0.2) is 126 Å². The highest BCUT2D eigenvalue weighted by molar-refractivity contribution is 6.99. The van der Waals surface area contributed by atoms with Crippen molar-refractivity contribution in [2.75, 3.05) is 6.61 Å². The van der Waals surface area contributed by atoms with Crippen LogP contribution in [0.4, 0.5) is 0 Å². The van der Waals surface area contributed by atoms with Crippen LogP contribution in [0.1, 0.15) is 43.6 Å². The number of carbonyl (C=O) groups excluding carboxylic acids is 2. The molecular formula is C38H42N4O6Si. The minimum absolute atomic E-state index is 0.0195. The lowest BCUT2D eigenvalue weighted by Gasteiger charge is -2.47. The van der Waals surface area contributed by atoms with Gasteiger partial charge in [-0.1, -0.05) is 135 Å². The van der Waals surface area contributed by atoms with Crippen LogP contribution in [0.25, 0.3) is 10.4 Å². The molecule has 4 aromatic rings. The molecule has 5 atom stereocenters. The molecule has 0 saturated carbocycles. The van der Waals surface area contributed by atoms with E-state index in [4.69, 9.17) is 18.6 Å². The number of ether oxygens (including phenoxy) is 3. The molecule has 0 aliphatic carbocycles. The lowest BCUT2D eigenvalue weighted by molar-refractivity contribution is -0.245. The standard InChI is InChI=1S/C38H42N4O6Si/c1-27(43)40-34-35(48-36(44)29-19-11-6-12-20-29)33(41-42-39)32(47-37(34)45-25-28-17-9-5-10-18-28)26-46-49(38(2,3)4,30-21-13-7-14-22-30)31-23-15-8-16-24-31/h5-24,32-35,37H,25-26H2,1-4H3,(H,40,43)/t32-,33-,34-,35+,37-/m1/s1. The Bertz CT molecular complexity index is 1680. The lowest BCUT2D eigenvalue weighted by atomic mass is 9.94. The van der Waals surface area contributed by atoms with E-state index in [0.717, 1.165) is 15.9 Å². The van der Waals surface area contributed by atoms with Crippen LogP contribution in [0.2, 0.25) is 5.04 Å². The van der Waals surface area contributed by atoms with Gasteiger partial charge >= 0.3 is 5.97 Å². The number of nitrogens with zero attached hydrogens (tertiary/aromatic N) is 3. The van der Waals surface area contributed by atoms with Crippen molar-refractivity contribution < 1.29 is 28.2 Å². The van der Waals surface area contributed by atoms with Crippen molar-refractivity contribution in [2.24, 2.45) is 5.11 Å². The topological polar surface area (TPSA) is 132 Å². The zero-order chi connectivity index (χ0) is 34.9. The quantitative estimate of drug-likeness (QED) is 0.0651. The average molecular weight is 679 g/mol. The summed E-state index contributed by atoms with van der Waals surface area (Å²) in [7, 11) is -3.06. The van der Waals surface area contributed by atoms with Crippen molar-refractivity contribution in [1.29, 1.82) is 0 Å². The molecule has 49 heavy (non-hydrogen) atoms. The lowest BCUT2D eigenvalue weighted by Crippen LogP contribution is -2.69. The first-order chi connectivity index (χ1) is 23.6. The van der Waals surface area contributed by atoms with Crippen molar-refractivity contribution in [3.8, 4) is 0 Å². The Balaban J connectivity index is 1.57. The van der Waals surface area contributed by atoms with Crippen molar-refractivity contribution in [3.05, 3.63) is 143 Å². The van der Waals surface area contributed by atoms with Crippen LogP contribution in [0, 0.1) is 0 Å². The van der Waals surface area contributed by atoms with E-state index in [1.807, 2.05) is 66.7 Å². The Morgan fingerprint density at radius 1 is 0.857 bits per heavy atom. The van der Waals surface area contributed by atoms with E-state index >= 15 is 0 Å². The monoisotopic (exact) mass is 678 g/mol. The molecule has 11 heteroatoms. The first-order valence-electron chi connectivity index (χ1n) is 16.3. The molecule has 0 aromatic heterocycles. The second kappa shape index (κ2) is 16.1. The molecule has 0 radical (unpaired) electrons.